The molecular weight excluding hydrogens is 260 g/mol. The number of esters is 1. The summed E-state index contributed by atoms with van der Waals surface area (Å²) >= 11 is 0. The Morgan fingerprint density at radius 2 is 2.45 bits per heavy atom. The number of hydrogen-bond donors (Lipinski definition) is 2. The SMILES string of the molecule is CCOC(=O)CNC(=O)c1ccn(C2CCCNC2)n1. The van der Waals surface area contributed by atoms with Gasteiger partial charge in [-0.2, -0.15) is 5.10 Å². The van der Waals surface area contributed by atoms with Crippen molar-refractivity contribution in [2.45, 2.75) is 25.8 Å². The standard InChI is InChI=1S/C13H20N4O3/c1-2-20-12(18)9-15-13(19)11-5-7-17(16-11)10-4-3-6-14-8-10/h5,7,10,14H,2-4,6,8-9H2,1H3,(H,15,19). The normalized spacial score (nSPS) is 18.6. The van der Waals surface area contributed by atoms with Crippen molar-refractivity contribution < 1.29 is 14.3 Å². The first kappa shape index (κ1) is 14.5. The summed E-state index contributed by atoms with van der Waals surface area (Å²) in [5.41, 5.74) is 0.319. The topological polar surface area (TPSA) is 85.2 Å². The zero-order valence-corrected chi connectivity index (χ0v) is 11.6. The second-order valence-electron chi connectivity index (χ2n) is 4.67. The Labute approximate surface area is 117 Å². The van der Waals surface area contributed by atoms with Gasteiger partial charge in [-0.25, -0.2) is 0 Å². The molecule has 20 heavy (non-hydrogen) atoms. The molecule has 1 aliphatic rings. The van der Waals surface area contributed by atoms with E-state index in [1.54, 1.807) is 19.2 Å². The zero-order chi connectivity index (χ0) is 14.4. The molecule has 2 rings (SSSR count). The molecule has 0 saturated carbocycles. The number of hydrogen-bond acceptors (Lipinski definition) is 5. The monoisotopic (exact) mass is 280 g/mol. The van der Waals surface area contributed by atoms with Crippen LogP contribution in [0.25, 0.3) is 0 Å². The van der Waals surface area contributed by atoms with Gasteiger partial charge in [0.25, 0.3) is 5.91 Å². The summed E-state index contributed by atoms with van der Waals surface area (Å²) in [6.07, 6.45) is 3.96. The van der Waals surface area contributed by atoms with Gasteiger partial charge in [0.1, 0.15) is 12.2 Å². The fourth-order valence-electron chi connectivity index (χ4n) is 2.18. The summed E-state index contributed by atoms with van der Waals surface area (Å²) < 4.78 is 6.55. The van der Waals surface area contributed by atoms with Crippen molar-refractivity contribution in [1.29, 1.82) is 0 Å². The molecule has 0 radical (unpaired) electrons. The third kappa shape index (κ3) is 3.80. The first-order chi connectivity index (χ1) is 9.70. The highest BCUT2D eigenvalue weighted by molar-refractivity contribution is 5.94. The van der Waals surface area contributed by atoms with Crippen molar-refractivity contribution in [3.63, 3.8) is 0 Å². The molecule has 0 aromatic carbocycles. The number of nitrogens with zero attached hydrogens (tertiary/aromatic N) is 2. The third-order valence-electron chi connectivity index (χ3n) is 3.18. The molecule has 0 spiro atoms. The van der Waals surface area contributed by atoms with Crippen LogP contribution in [0.4, 0.5) is 0 Å². The maximum atomic E-state index is 11.8. The summed E-state index contributed by atoms with van der Waals surface area (Å²) in [4.78, 5) is 23.0. The molecule has 0 aliphatic carbocycles. The number of aromatic nitrogens is 2. The van der Waals surface area contributed by atoms with Crippen molar-refractivity contribution in [3.8, 4) is 0 Å². The Morgan fingerprint density at radius 3 is 3.15 bits per heavy atom. The van der Waals surface area contributed by atoms with E-state index in [4.69, 9.17) is 4.74 Å². The van der Waals surface area contributed by atoms with E-state index in [-0.39, 0.29) is 18.5 Å². The van der Waals surface area contributed by atoms with Crippen LogP contribution in [0.2, 0.25) is 0 Å². The van der Waals surface area contributed by atoms with E-state index in [0.717, 1.165) is 25.9 Å². The average Bonchev–Trinajstić information content (AvgIpc) is 2.96. The highest BCUT2D eigenvalue weighted by Gasteiger charge is 2.18. The Bertz CT molecular complexity index is 466. The lowest BCUT2D eigenvalue weighted by Gasteiger charge is -2.22. The van der Waals surface area contributed by atoms with Gasteiger partial charge in [-0.3, -0.25) is 14.3 Å². The lowest BCUT2D eigenvalue weighted by atomic mass is 10.1. The van der Waals surface area contributed by atoms with E-state index >= 15 is 0 Å². The largest absolute Gasteiger partial charge is 0.465 e. The fourth-order valence-corrected chi connectivity index (χ4v) is 2.18. The van der Waals surface area contributed by atoms with Crippen molar-refractivity contribution in [3.05, 3.63) is 18.0 Å². The molecular formula is C13H20N4O3. The number of amides is 1. The Balaban J connectivity index is 1.87. The number of ether oxygens (including phenoxy) is 1. The molecule has 7 nitrogen and oxygen atoms in total. The van der Waals surface area contributed by atoms with Gasteiger partial charge >= 0.3 is 5.97 Å². The number of carbonyl (C=O) groups excluding carboxylic acids is 2. The van der Waals surface area contributed by atoms with Crippen LogP contribution in [0, 0.1) is 0 Å². The second-order valence-corrected chi connectivity index (χ2v) is 4.67. The maximum Gasteiger partial charge on any atom is 0.325 e. The molecule has 1 aromatic heterocycles. The highest BCUT2D eigenvalue weighted by Crippen LogP contribution is 2.15. The summed E-state index contributed by atoms with van der Waals surface area (Å²) in [5.74, 6) is -0.808. The van der Waals surface area contributed by atoms with Crippen molar-refractivity contribution in [2.24, 2.45) is 0 Å². The molecule has 1 atom stereocenters. The van der Waals surface area contributed by atoms with E-state index in [1.165, 1.54) is 0 Å². The van der Waals surface area contributed by atoms with Crippen LogP contribution in [0.3, 0.4) is 0 Å². The Hall–Kier alpha value is -1.89. The molecule has 2 heterocycles. The van der Waals surface area contributed by atoms with Gasteiger partial charge in [0, 0.05) is 12.7 Å². The van der Waals surface area contributed by atoms with Gasteiger partial charge < -0.3 is 15.4 Å². The molecule has 110 valence electrons. The fraction of sp³-hybridized carbons (Fsp3) is 0.615. The van der Waals surface area contributed by atoms with E-state index < -0.39 is 5.97 Å². The quantitative estimate of drug-likeness (QED) is 0.747. The maximum absolute atomic E-state index is 11.8. The zero-order valence-electron chi connectivity index (χ0n) is 11.6. The molecule has 7 heteroatoms. The van der Waals surface area contributed by atoms with Crippen LogP contribution in [0.1, 0.15) is 36.3 Å². The van der Waals surface area contributed by atoms with Gasteiger partial charge in [0.2, 0.25) is 0 Å². The lowest BCUT2D eigenvalue weighted by molar-refractivity contribution is -0.141. The van der Waals surface area contributed by atoms with Gasteiger partial charge in [0.05, 0.1) is 12.6 Å². The van der Waals surface area contributed by atoms with Crippen molar-refractivity contribution in [1.82, 2.24) is 20.4 Å². The minimum absolute atomic E-state index is 0.134. The number of rotatable bonds is 5. The van der Waals surface area contributed by atoms with E-state index in [1.807, 2.05) is 4.68 Å². The summed E-state index contributed by atoms with van der Waals surface area (Å²) in [5, 5.41) is 10.1. The second kappa shape index (κ2) is 7.04. The Morgan fingerprint density at radius 1 is 1.60 bits per heavy atom. The summed E-state index contributed by atoms with van der Waals surface area (Å²) in [6, 6.07) is 1.95. The minimum atomic E-state index is -0.447. The molecule has 1 fully saturated rings. The minimum Gasteiger partial charge on any atom is -0.465 e. The van der Waals surface area contributed by atoms with E-state index in [2.05, 4.69) is 15.7 Å². The van der Waals surface area contributed by atoms with Crippen LogP contribution >= 0.6 is 0 Å². The van der Waals surface area contributed by atoms with Crippen LogP contribution < -0.4 is 10.6 Å². The molecule has 2 N–H and O–H groups in total. The number of piperidine rings is 1. The van der Waals surface area contributed by atoms with Crippen LogP contribution in [0.15, 0.2) is 12.3 Å². The van der Waals surface area contributed by atoms with Crippen LogP contribution in [-0.4, -0.2) is 47.9 Å². The molecule has 1 unspecified atom stereocenters. The van der Waals surface area contributed by atoms with Gasteiger partial charge in [-0.15, -0.1) is 0 Å². The molecule has 1 saturated heterocycles. The van der Waals surface area contributed by atoms with Crippen LogP contribution in [-0.2, 0) is 9.53 Å². The molecule has 0 bridgehead atoms. The van der Waals surface area contributed by atoms with Crippen LogP contribution in [0.5, 0.6) is 0 Å². The first-order valence-electron chi connectivity index (χ1n) is 6.90. The first-order valence-corrected chi connectivity index (χ1v) is 6.90. The smallest absolute Gasteiger partial charge is 0.325 e. The molecule has 1 amide bonds. The predicted molar refractivity (Wildman–Crippen MR) is 72.3 cm³/mol. The molecule has 1 aromatic rings. The highest BCUT2D eigenvalue weighted by atomic mass is 16.5. The number of carbonyl (C=O) groups is 2. The predicted octanol–water partition coefficient (Wildman–Crippen LogP) is 0.100. The lowest BCUT2D eigenvalue weighted by Crippen LogP contribution is -2.33. The van der Waals surface area contributed by atoms with Crippen molar-refractivity contribution >= 4 is 11.9 Å². The Kier molecular flexibility index (Phi) is 5.11. The van der Waals surface area contributed by atoms with Crippen molar-refractivity contribution in [2.75, 3.05) is 26.2 Å². The average molecular weight is 280 g/mol. The van der Waals surface area contributed by atoms with Gasteiger partial charge in [-0.1, -0.05) is 0 Å². The number of nitrogens with one attached hydrogen (secondary N) is 2. The van der Waals surface area contributed by atoms with Gasteiger partial charge in [-0.05, 0) is 32.4 Å². The summed E-state index contributed by atoms with van der Waals surface area (Å²) in [7, 11) is 0. The molecule has 1 aliphatic heterocycles. The van der Waals surface area contributed by atoms with E-state index in [9.17, 15) is 9.59 Å². The van der Waals surface area contributed by atoms with Gasteiger partial charge in [0.15, 0.2) is 0 Å². The summed E-state index contributed by atoms with van der Waals surface area (Å²) in [6.45, 7) is 3.79. The van der Waals surface area contributed by atoms with E-state index in [0.29, 0.717) is 12.3 Å². The third-order valence-corrected chi connectivity index (χ3v) is 3.18.